The van der Waals surface area contributed by atoms with Gasteiger partial charge in [-0.3, -0.25) is 4.57 Å². The molecule has 0 aliphatic heterocycles. The van der Waals surface area contributed by atoms with Crippen molar-refractivity contribution < 1.29 is 22.7 Å². The molecule has 43 heavy (non-hydrogen) atoms. The summed E-state index contributed by atoms with van der Waals surface area (Å²) in [5.74, 6) is 0.121. The number of urea groups is 1. The van der Waals surface area contributed by atoms with Crippen LogP contribution in [0.3, 0.4) is 0 Å². The van der Waals surface area contributed by atoms with Crippen LogP contribution in [0.15, 0.2) is 77.4 Å². The molecule has 2 amide bonds. The number of aromatic nitrogens is 4. The predicted molar refractivity (Wildman–Crippen MR) is 159 cm³/mol. The number of rotatable bonds is 6. The number of nitrogens with zero attached hydrogens (tertiary/aromatic N) is 5. The number of benzene rings is 3. The topological polar surface area (TPSA) is 86.3 Å². The molecule has 1 atom stereocenters. The van der Waals surface area contributed by atoms with Gasteiger partial charge >= 0.3 is 12.4 Å². The van der Waals surface area contributed by atoms with E-state index in [1.807, 2.05) is 48.1 Å². The fourth-order valence-corrected chi connectivity index (χ4v) is 5.75. The average Bonchev–Trinajstić information content (AvgIpc) is 3.56. The summed E-state index contributed by atoms with van der Waals surface area (Å²) >= 11 is 1.41. The summed E-state index contributed by atoms with van der Waals surface area (Å²) in [5, 5.41) is 9.37. The number of hydrogen-bond donors (Lipinski definition) is 1. The predicted octanol–water partition coefficient (Wildman–Crippen LogP) is 7.29. The Labute approximate surface area is 250 Å². The maximum Gasteiger partial charge on any atom is 0.573 e. The van der Waals surface area contributed by atoms with Crippen molar-refractivity contribution >= 4 is 17.4 Å². The van der Waals surface area contributed by atoms with Crippen LogP contribution in [0.25, 0.3) is 22.8 Å². The summed E-state index contributed by atoms with van der Waals surface area (Å²) in [6.45, 7) is 10.1. The molecule has 0 saturated heterocycles. The highest BCUT2D eigenvalue weighted by atomic mass is 32.1. The number of ether oxygens (including phenoxy) is 1. The van der Waals surface area contributed by atoms with Gasteiger partial charge in [0.25, 0.3) is 0 Å². The average molecular weight is 607 g/mol. The number of alkyl halides is 3. The second-order valence-electron chi connectivity index (χ2n) is 10.2. The summed E-state index contributed by atoms with van der Waals surface area (Å²) in [6.07, 6.45) is -3.28. The minimum atomic E-state index is -4.75. The smallest absolute Gasteiger partial charge is 0.406 e. The van der Waals surface area contributed by atoms with E-state index in [0.29, 0.717) is 16.3 Å². The Balaban J connectivity index is 1.28. The van der Waals surface area contributed by atoms with Crippen molar-refractivity contribution in [1.82, 2.24) is 24.6 Å². The number of thiazole rings is 1. The van der Waals surface area contributed by atoms with Crippen LogP contribution in [-0.2, 0) is 0 Å². The first-order chi connectivity index (χ1) is 20.4. The van der Waals surface area contributed by atoms with E-state index in [2.05, 4.69) is 58.0 Å². The zero-order chi connectivity index (χ0) is 30.9. The van der Waals surface area contributed by atoms with Crippen molar-refractivity contribution in [3.63, 3.8) is 0 Å². The van der Waals surface area contributed by atoms with Gasteiger partial charge in [0.05, 0.1) is 17.4 Å². The molecule has 0 spiro atoms. The summed E-state index contributed by atoms with van der Waals surface area (Å²) in [6, 6.07) is 16.3. The Kier molecular flexibility index (Phi) is 8.23. The highest BCUT2D eigenvalue weighted by Gasteiger charge is 2.31. The van der Waals surface area contributed by atoms with Gasteiger partial charge in [0, 0.05) is 16.6 Å². The molecule has 2 heterocycles. The highest BCUT2D eigenvalue weighted by molar-refractivity contribution is 7.07. The Morgan fingerprint density at radius 3 is 2.28 bits per heavy atom. The van der Waals surface area contributed by atoms with E-state index in [-0.39, 0.29) is 11.8 Å². The second kappa shape index (κ2) is 11.9. The molecule has 0 radical (unpaired) electrons. The SMILES string of the molecule is Cc1cc(C)c(-n2c(C)csc2=NC(=O)NC(C)c2ccc(-c3ncn(-c4ccc(OC(F)(F)F)cc4)n3)cc2)c(C)c1. The molecule has 1 unspecified atom stereocenters. The molecule has 5 rings (SSSR count). The van der Waals surface area contributed by atoms with Gasteiger partial charge in [-0.05, 0) is 75.6 Å². The fourth-order valence-electron chi connectivity index (χ4n) is 4.90. The van der Waals surface area contributed by atoms with E-state index in [0.717, 1.165) is 33.6 Å². The van der Waals surface area contributed by atoms with Gasteiger partial charge in [0.15, 0.2) is 10.6 Å². The Morgan fingerprint density at radius 1 is 1.00 bits per heavy atom. The molecule has 3 aromatic carbocycles. The van der Waals surface area contributed by atoms with Gasteiger partial charge in [-0.2, -0.15) is 4.99 Å². The van der Waals surface area contributed by atoms with E-state index in [1.54, 1.807) is 0 Å². The number of halogens is 3. The summed E-state index contributed by atoms with van der Waals surface area (Å²) in [5.41, 5.74) is 7.57. The van der Waals surface area contributed by atoms with Gasteiger partial charge in [0.1, 0.15) is 12.1 Å². The van der Waals surface area contributed by atoms with Crippen LogP contribution >= 0.6 is 11.3 Å². The standard InChI is InChI=1S/C31H29F3N6O2S/c1-18-14-19(2)27(20(3)15-18)40-21(4)16-43-30(40)37-29(41)36-22(5)23-6-8-24(9-7-23)28-35-17-39(38-28)25-10-12-26(13-11-25)42-31(32,33)34/h6-17,22H,1-5H3,(H,36,41). The summed E-state index contributed by atoms with van der Waals surface area (Å²) < 4.78 is 44.6. The third kappa shape index (κ3) is 6.86. The fraction of sp³-hybridized carbons (Fsp3) is 0.226. The van der Waals surface area contributed by atoms with Crippen LogP contribution in [0.5, 0.6) is 5.75 Å². The minimum Gasteiger partial charge on any atom is -0.406 e. The Bertz CT molecular complexity index is 1810. The van der Waals surface area contributed by atoms with Crippen LogP contribution < -0.4 is 14.9 Å². The lowest BCUT2D eigenvalue weighted by atomic mass is 10.0. The first-order valence-electron chi connectivity index (χ1n) is 13.4. The maximum atomic E-state index is 13.0. The summed E-state index contributed by atoms with van der Waals surface area (Å²) in [4.78, 5) is 22.3. The van der Waals surface area contributed by atoms with Crippen LogP contribution in [0.1, 0.15) is 40.9 Å². The van der Waals surface area contributed by atoms with Gasteiger partial charge in [-0.15, -0.1) is 29.6 Å². The number of carbonyl (C=O) groups is 1. The molecule has 0 saturated carbocycles. The zero-order valence-electron chi connectivity index (χ0n) is 24.1. The van der Waals surface area contributed by atoms with Gasteiger partial charge < -0.3 is 10.1 Å². The number of aryl methyl sites for hydroxylation is 4. The zero-order valence-corrected chi connectivity index (χ0v) is 24.9. The van der Waals surface area contributed by atoms with Crippen molar-refractivity contribution in [2.75, 3.05) is 0 Å². The lowest BCUT2D eigenvalue weighted by Gasteiger charge is -2.15. The number of hydrogen-bond acceptors (Lipinski definition) is 5. The third-order valence-corrected chi connectivity index (χ3v) is 7.71. The molecule has 2 aromatic heterocycles. The molecule has 5 aromatic rings. The van der Waals surface area contributed by atoms with E-state index in [9.17, 15) is 18.0 Å². The largest absolute Gasteiger partial charge is 0.573 e. The van der Waals surface area contributed by atoms with Crippen molar-refractivity contribution in [2.45, 2.75) is 47.0 Å². The quantitative estimate of drug-likeness (QED) is 0.220. The summed E-state index contributed by atoms with van der Waals surface area (Å²) in [7, 11) is 0. The van der Waals surface area contributed by atoms with E-state index < -0.39 is 12.4 Å². The highest BCUT2D eigenvalue weighted by Crippen LogP contribution is 2.25. The molecule has 0 aliphatic rings. The Morgan fingerprint density at radius 2 is 1.65 bits per heavy atom. The van der Waals surface area contributed by atoms with E-state index >= 15 is 0 Å². The van der Waals surface area contributed by atoms with Crippen LogP contribution in [0.4, 0.5) is 18.0 Å². The van der Waals surface area contributed by atoms with E-state index in [1.165, 1.54) is 52.2 Å². The molecule has 0 aliphatic carbocycles. The molecule has 222 valence electrons. The molecular weight excluding hydrogens is 577 g/mol. The van der Waals surface area contributed by atoms with Crippen molar-refractivity contribution in [3.05, 3.63) is 105 Å². The molecule has 12 heteroatoms. The minimum absolute atomic E-state index is 0.314. The number of nitrogens with one attached hydrogen (secondary N) is 1. The van der Waals surface area contributed by atoms with E-state index in [4.69, 9.17) is 0 Å². The molecule has 8 nitrogen and oxygen atoms in total. The Hall–Kier alpha value is -4.71. The number of amides is 2. The van der Waals surface area contributed by atoms with Crippen molar-refractivity contribution in [3.8, 4) is 28.5 Å². The van der Waals surface area contributed by atoms with Gasteiger partial charge in [0.2, 0.25) is 0 Å². The molecule has 0 fully saturated rings. The van der Waals surface area contributed by atoms with Crippen LogP contribution in [0.2, 0.25) is 0 Å². The monoisotopic (exact) mass is 606 g/mol. The maximum absolute atomic E-state index is 13.0. The molecule has 0 bridgehead atoms. The number of carbonyl (C=O) groups excluding carboxylic acids is 1. The lowest BCUT2D eigenvalue weighted by Crippen LogP contribution is -2.27. The first-order valence-corrected chi connectivity index (χ1v) is 14.2. The molecular formula is C31H29F3N6O2S. The molecule has 1 N–H and O–H groups in total. The van der Waals surface area contributed by atoms with Gasteiger partial charge in [-0.25, -0.2) is 14.5 Å². The third-order valence-electron chi connectivity index (χ3n) is 6.77. The van der Waals surface area contributed by atoms with Crippen molar-refractivity contribution in [1.29, 1.82) is 0 Å². The van der Waals surface area contributed by atoms with Crippen LogP contribution in [-0.4, -0.2) is 31.7 Å². The van der Waals surface area contributed by atoms with Crippen LogP contribution in [0, 0.1) is 27.7 Å². The lowest BCUT2D eigenvalue weighted by molar-refractivity contribution is -0.274. The van der Waals surface area contributed by atoms with Crippen molar-refractivity contribution in [2.24, 2.45) is 4.99 Å². The second-order valence-corrected chi connectivity index (χ2v) is 11.0. The first kappa shape index (κ1) is 29.8. The normalized spacial score (nSPS) is 12.8. The van der Waals surface area contributed by atoms with Gasteiger partial charge in [-0.1, -0.05) is 42.0 Å².